The molecule has 6 nitrogen and oxygen atoms in total. The maximum Gasteiger partial charge on any atom is 0.327 e. The Morgan fingerprint density at radius 1 is 1.09 bits per heavy atom. The van der Waals surface area contributed by atoms with Crippen LogP contribution in [0.3, 0.4) is 0 Å². The van der Waals surface area contributed by atoms with E-state index in [9.17, 15) is 13.2 Å². The first-order valence-electron chi connectivity index (χ1n) is 10.5. The minimum absolute atomic E-state index is 0.00847. The molecule has 33 heavy (non-hydrogen) atoms. The Balaban J connectivity index is 1.42. The summed E-state index contributed by atoms with van der Waals surface area (Å²) in [6.45, 7) is 1.40. The van der Waals surface area contributed by atoms with Crippen molar-refractivity contribution in [1.29, 1.82) is 0 Å². The van der Waals surface area contributed by atoms with E-state index in [1.54, 1.807) is 11.3 Å². The molecule has 1 aliphatic heterocycles. The Bertz CT molecular complexity index is 1240. The summed E-state index contributed by atoms with van der Waals surface area (Å²) < 4.78 is 28.8. The second-order valence-electron chi connectivity index (χ2n) is 8.33. The topological polar surface area (TPSA) is 82.0 Å². The number of sulfone groups is 1. The van der Waals surface area contributed by atoms with E-state index in [1.165, 1.54) is 6.92 Å². The van der Waals surface area contributed by atoms with E-state index in [4.69, 9.17) is 9.57 Å². The van der Waals surface area contributed by atoms with E-state index in [0.29, 0.717) is 6.42 Å². The molecule has 0 amide bonds. The normalized spacial score (nSPS) is 17.6. The molecule has 0 spiro atoms. The lowest BCUT2D eigenvalue weighted by atomic mass is 9.96. The number of thiophene rings is 1. The molecule has 0 unspecified atom stereocenters. The van der Waals surface area contributed by atoms with Gasteiger partial charge in [-0.15, -0.1) is 0 Å². The molecule has 2 heterocycles. The first-order valence-corrected chi connectivity index (χ1v) is 13.4. The van der Waals surface area contributed by atoms with Crippen molar-refractivity contribution < 1.29 is 22.8 Å². The minimum atomic E-state index is -3.77. The Kier molecular flexibility index (Phi) is 6.67. The van der Waals surface area contributed by atoms with E-state index < -0.39 is 26.7 Å². The van der Waals surface area contributed by atoms with Crippen LogP contribution in [0.2, 0.25) is 0 Å². The summed E-state index contributed by atoms with van der Waals surface area (Å²) in [7, 11) is -3.77. The van der Waals surface area contributed by atoms with Crippen LogP contribution < -0.4 is 0 Å². The molecule has 4 rings (SSSR count). The van der Waals surface area contributed by atoms with Gasteiger partial charge in [-0.3, -0.25) is 4.79 Å². The molecule has 3 aromatic rings. The van der Waals surface area contributed by atoms with Gasteiger partial charge in [0.25, 0.3) is 0 Å². The molecule has 0 radical (unpaired) electrons. The molecule has 1 aromatic heterocycles. The number of carbonyl (C=O) groups excluding carboxylic acids is 1. The molecule has 172 valence electrons. The van der Waals surface area contributed by atoms with Gasteiger partial charge in [-0.2, -0.15) is 11.3 Å². The molecule has 8 heteroatoms. The van der Waals surface area contributed by atoms with Gasteiger partial charge < -0.3 is 9.57 Å². The van der Waals surface area contributed by atoms with Crippen LogP contribution in [0.5, 0.6) is 0 Å². The summed E-state index contributed by atoms with van der Waals surface area (Å²) in [5.41, 5.74) is 4.69. The van der Waals surface area contributed by atoms with Gasteiger partial charge in [0, 0.05) is 19.1 Å². The molecule has 2 atom stereocenters. The zero-order chi connectivity index (χ0) is 23.5. The predicted molar refractivity (Wildman–Crippen MR) is 130 cm³/mol. The van der Waals surface area contributed by atoms with Gasteiger partial charge in [0.15, 0.2) is 14.6 Å². The Morgan fingerprint density at radius 2 is 1.79 bits per heavy atom. The Labute approximate surface area is 197 Å². The van der Waals surface area contributed by atoms with Crippen molar-refractivity contribution >= 4 is 32.9 Å². The lowest BCUT2D eigenvalue weighted by Crippen LogP contribution is -2.46. The summed E-state index contributed by atoms with van der Waals surface area (Å²) >= 11 is 1.65. The lowest BCUT2D eigenvalue weighted by Gasteiger charge is -2.27. The molecule has 0 saturated carbocycles. The summed E-state index contributed by atoms with van der Waals surface area (Å²) in [5, 5.41) is 8.29. The fraction of sp³-hybridized carbons (Fsp3) is 0.280. The SMILES string of the molecule is C[C@@](C[C@H]1CC(c2ccc(-c3ccsc3)cc2)=NO1)(C(=O)OCc1ccccc1)S(C)(=O)=O. The Hall–Kier alpha value is -2.97. The van der Waals surface area contributed by atoms with E-state index in [2.05, 4.69) is 16.6 Å². The molecule has 0 fully saturated rings. The van der Waals surface area contributed by atoms with Crippen molar-refractivity contribution in [2.24, 2.45) is 5.16 Å². The largest absolute Gasteiger partial charge is 0.460 e. The molecule has 0 N–H and O–H groups in total. The maximum absolute atomic E-state index is 12.9. The zero-order valence-corrected chi connectivity index (χ0v) is 20.1. The first-order chi connectivity index (χ1) is 15.8. The lowest BCUT2D eigenvalue weighted by molar-refractivity contribution is -0.148. The standard InChI is InChI=1S/C25H25NO5S2/c1-25(33(2,28)29,24(27)30-16-18-6-4-3-5-7-18)15-22-14-23(26-31-22)20-10-8-19(9-11-20)21-12-13-32-17-21/h3-13,17,22H,14-16H2,1-2H3/t22-,25-/m1/s1. The molecule has 0 saturated heterocycles. The van der Waals surface area contributed by atoms with Crippen LogP contribution in [-0.4, -0.2) is 37.2 Å². The van der Waals surface area contributed by atoms with Gasteiger partial charge in [-0.1, -0.05) is 59.8 Å². The number of benzene rings is 2. The number of carbonyl (C=O) groups is 1. The average Bonchev–Trinajstić information content (AvgIpc) is 3.50. The van der Waals surface area contributed by atoms with Crippen molar-refractivity contribution in [2.75, 3.05) is 6.26 Å². The van der Waals surface area contributed by atoms with E-state index in [0.717, 1.165) is 34.2 Å². The second-order valence-corrected chi connectivity index (χ2v) is 11.6. The molecule has 0 aliphatic carbocycles. The summed E-state index contributed by atoms with van der Waals surface area (Å²) in [5.74, 6) is -0.786. The Morgan fingerprint density at radius 3 is 2.42 bits per heavy atom. The zero-order valence-electron chi connectivity index (χ0n) is 18.4. The highest BCUT2D eigenvalue weighted by atomic mass is 32.2. The average molecular weight is 484 g/mol. The third-order valence-corrected chi connectivity index (χ3v) is 8.54. The van der Waals surface area contributed by atoms with Crippen LogP contribution in [-0.2, 0) is 30.8 Å². The van der Waals surface area contributed by atoms with Crippen LogP contribution in [0.4, 0.5) is 0 Å². The van der Waals surface area contributed by atoms with Crippen LogP contribution >= 0.6 is 11.3 Å². The third-order valence-electron chi connectivity index (χ3n) is 5.89. The fourth-order valence-corrected chi connectivity index (χ4v) is 5.20. The molecular weight excluding hydrogens is 458 g/mol. The maximum atomic E-state index is 12.9. The van der Waals surface area contributed by atoms with Gasteiger partial charge in [-0.05, 0) is 46.0 Å². The van der Waals surface area contributed by atoms with Gasteiger partial charge in [0.2, 0.25) is 0 Å². The summed E-state index contributed by atoms with van der Waals surface area (Å²) in [6.07, 6.45) is 0.880. The van der Waals surface area contributed by atoms with Crippen LogP contribution in [0.1, 0.15) is 30.9 Å². The minimum Gasteiger partial charge on any atom is -0.460 e. The number of nitrogens with zero attached hydrogens (tertiary/aromatic N) is 1. The summed E-state index contributed by atoms with van der Waals surface area (Å²) in [4.78, 5) is 18.4. The smallest absolute Gasteiger partial charge is 0.327 e. The van der Waals surface area contributed by atoms with Gasteiger partial charge in [0.1, 0.15) is 12.7 Å². The number of hydrogen-bond acceptors (Lipinski definition) is 7. The predicted octanol–water partition coefficient (Wildman–Crippen LogP) is 4.84. The quantitative estimate of drug-likeness (QED) is 0.428. The van der Waals surface area contributed by atoms with Crippen molar-refractivity contribution in [3.63, 3.8) is 0 Å². The van der Waals surface area contributed by atoms with E-state index >= 15 is 0 Å². The monoisotopic (exact) mass is 483 g/mol. The number of ether oxygens (including phenoxy) is 1. The van der Waals surface area contributed by atoms with Crippen molar-refractivity contribution in [3.8, 4) is 11.1 Å². The van der Waals surface area contributed by atoms with Gasteiger partial charge >= 0.3 is 5.97 Å². The van der Waals surface area contributed by atoms with Gasteiger partial charge in [-0.25, -0.2) is 8.42 Å². The van der Waals surface area contributed by atoms with Crippen molar-refractivity contribution in [2.45, 2.75) is 37.2 Å². The fourth-order valence-electron chi connectivity index (χ4n) is 3.69. The number of rotatable bonds is 8. The van der Waals surface area contributed by atoms with Crippen LogP contribution in [0, 0.1) is 0 Å². The van der Waals surface area contributed by atoms with Crippen molar-refractivity contribution in [3.05, 3.63) is 82.6 Å². The number of oxime groups is 1. The second kappa shape index (κ2) is 9.49. The molecule has 0 bridgehead atoms. The molecule has 1 aliphatic rings. The van der Waals surface area contributed by atoms with E-state index in [1.807, 2.05) is 60.0 Å². The molecular formula is C25H25NO5S2. The van der Waals surface area contributed by atoms with Crippen molar-refractivity contribution in [1.82, 2.24) is 0 Å². The highest BCUT2D eigenvalue weighted by Gasteiger charge is 2.48. The number of hydrogen-bond donors (Lipinski definition) is 0. The summed E-state index contributed by atoms with van der Waals surface area (Å²) in [6, 6.07) is 19.2. The highest BCUT2D eigenvalue weighted by Crippen LogP contribution is 2.31. The highest BCUT2D eigenvalue weighted by molar-refractivity contribution is 7.92. The van der Waals surface area contributed by atoms with Crippen LogP contribution in [0.15, 0.2) is 76.6 Å². The molecule has 2 aromatic carbocycles. The third kappa shape index (κ3) is 5.17. The van der Waals surface area contributed by atoms with E-state index in [-0.39, 0.29) is 13.0 Å². The number of esters is 1. The van der Waals surface area contributed by atoms with Gasteiger partial charge in [0.05, 0.1) is 5.71 Å². The first kappa shape index (κ1) is 23.2. The van der Waals surface area contributed by atoms with Crippen LogP contribution in [0.25, 0.3) is 11.1 Å².